The predicted molar refractivity (Wildman–Crippen MR) is 128 cm³/mol. The van der Waals surface area contributed by atoms with Gasteiger partial charge in [0.15, 0.2) is 0 Å². The zero-order chi connectivity index (χ0) is 24.8. The molecule has 0 bridgehead atoms. The number of nitrogens with zero attached hydrogens (tertiary/aromatic N) is 3. The molecular weight excluding hydrogens is 448 g/mol. The first-order valence-corrected chi connectivity index (χ1v) is 11.4. The zero-order valence-electron chi connectivity index (χ0n) is 19.7. The van der Waals surface area contributed by atoms with Crippen molar-refractivity contribution in [3.63, 3.8) is 0 Å². The third kappa shape index (κ3) is 5.25. The van der Waals surface area contributed by atoms with Crippen LogP contribution in [-0.2, 0) is 15.1 Å². The number of carboxylic acids is 1. The maximum atomic E-state index is 13.5. The number of aryl methyl sites for hydroxylation is 2. The van der Waals surface area contributed by atoms with Crippen LogP contribution in [0, 0.1) is 13.8 Å². The molecule has 1 aromatic heterocycles. The Morgan fingerprint density at radius 1 is 0.971 bits per heavy atom. The number of benzene rings is 2. The van der Waals surface area contributed by atoms with E-state index in [0.29, 0.717) is 48.8 Å². The number of carboxylic acid groups (broad SMARTS) is 1. The Morgan fingerprint density at radius 2 is 1.49 bits per heavy atom. The molecule has 1 atom stereocenters. The Balaban J connectivity index is 1.89. The van der Waals surface area contributed by atoms with Gasteiger partial charge in [0.2, 0.25) is 6.10 Å². The summed E-state index contributed by atoms with van der Waals surface area (Å²) in [6.07, 6.45) is -1.58. The summed E-state index contributed by atoms with van der Waals surface area (Å²) < 4.78 is 11.4. The maximum absolute atomic E-state index is 13.5. The second kappa shape index (κ2) is 10.5. The SMILES string of the molecule is Cc1cc(C)nc(OC(C(=O)O)C(NC(=O)N2CCOCC2)(c2ccccc2)c2ccccc2)n1. The van der Waals surface area contributed by atoms with Crippen LogP contribution in [0.1, 0.15) is 22.5 Å². The number of hydrogen-bond donors (Lipinski definition) is 2. The maximum Gasteiger partial charge on any atom is 0.348 e. The van der Waals surface area contributed by atoms with Gasteiger partial charge in [0, 0.05) is 24.5 Å². The molecule has 2 N–H and O–H groups in total. The number of hydrogen-bond acceptors (Lipinski definition) is 6. The molecule has 2 heterocycles. The number of ether oxygens (including phenoxy) is 2. The van der Waals surface area contributed by atoms with E-state index in [9.17, 15) is 14.7 Å². The topological polar surface area (TPSA) is 114 Å². The van der Waals surface area contributed by atoms with E-state index in [1.54, 1.807) is 73.3 Å². The van der Waals surface area contributed by atoms with Gasteiger partial charge in [-0.05, 0) is 31.0 Å². The molecular formula is C26H28N4O5. The van der Waals surface area contributed by atoms with Gasteiger partial charge in [0.25, 0.3) is 0 Å². The van der Waals surface area contributed by atoms with Crippen molar-refractivity contribution in [3.05, 3.63) is 89.2 Å². The molecule has 4 rings (SSSR count). The zero-order valence-corrected chi connectivity index (χ0v) is 19.7. The van der Waals surface area contributed by atoms with E-state index in [1.807, 2.05) is 12.1 Å². The molecule has 1 fully saturated rings. The van der Waals surface area contributed by atoms with Crippen LogP contribution in [0.25, 0.3) is 0 Å². The summed E-state index contributed by atoms with van der Waals surface area (Å²) in [7, 11) is 0. The third-order valence-electron chi connectivity index (χ3n) is 5.86. The second-order valence-corrected chi connectivity index (χ2v) is 8.34. The van der Waals surface area contributed by atoms with E-state index < -0.39 is 23.6 Å². The number of aliphatic carboxylic acids is 1. The summed E-state index contributed by atoms with van der Waals surface area (Å²) in [6, 6.07) is 19.2. The van der Waals surface area contributed by atoms with Crippen LogP contribution in [0.5, 0.6) is 6.01 Å². The van der Waals surface area contributed by atoms with Crippen LogP contribution >= 0.6 is 0 Å². The largest absolute Gasteiger partial charge is 0.478 e. The highest BCUT2D eigenvalue weighted by molar-refractivity contribution is 5.82. The molecule has 0 aliphatic carbocycles. The molecule has 1 aliphatic heterocycles. The van der Waals surface area contributed by atoms with Crippen molar-refractivity contribution < 1.29 is 24.2 Å². The van der Waals surface area contributed by atoms with Crippen molar-refractivity contribution >= 4 is 12.0 Å². The number of morpholine rings is 1. The lowest BCUT2D eigenvalue weighted by Gasteiger charge is -2.41. The van der Waals surface area contributed by atoms with Crippen molar-refractivity contribution in [2.75, 3.05) is 26.3 Å². The van der Waals surface area contributed by atoms with E-state index in [0.717, 1.165) is 0 Å². The first-order valence-electron chi connectivity index (χ1n) is 11.4. The summed E-state index contributed by atoms with van der Waals surface area (Å²) >= 11 is 0. The molecule has 0 spiro atoms. The van der Waals surface area contributed by atoms with Crippen LogP contribution in [0.3, 0.4) is 0 Å². The normalized spacial score (nSPS) is 14.7. The fourth-order valence-corrected chi connectivity index (χ4v) is 4.27. The van der Waals surface area contributed by atoms with Gasteiger partial charge in [-0.25, -0.2) is 19.6 Å². The lowest BCUT2D eigenvalue weighted by Crippen LogP contribution is -2.62. The highest BCUT2D eigenvalue weighted by Crippen LogP contribution is 2.36. The van der Waals surface area contributed by atoms with Gasteiger partial charge in [0.05, 0.1) is 13.2 Å². The molecule has 0 radical (unpaired) electrons. The monoisotopic (exact) mass is 476 g/mol. The van der Waals surface area contributed by atoms with E-state index in [1.165, 1.54) is 0 Å². The van der Waals surface area contributed by atoms with E-state index in [-0.39, 0.29) is 6.01 Å². The predicted octanol–water partition coefficient (Wildman–Crippen LogP) is 2.91. The number of carbonyl (C=O) groups is 2. The van der Waals surface area contributed by atoms with Gasteiger partial charge < -0.3 is 24.8 Å². The number of carbonyl (C=O) groups excluding carboxylic acids is 1. The molecule has 35 heavy (non-hydrogen) atoms. The van der Waals surface area contributed by atoms with Gasteiger partial charge in [-0.1, -0.05) is 60.7 Å². The van der Waals surface area contributed by atoms with E-state index >= 15 is 0 Å². The number of rotatable bonds is 7. The van der Waals surface area contributed by atoms with Crippen LogP contribution in [0.2, 0.25) is 0 Å². The van der Waals surface area contributed by atoms with Gasteiger partial charge in [-0.3, -0.25) is 0 Å². The van der Waals surface area contributed by atoms with Crippen molar-refractivity contribution in [2.45, 2.75) is 25.5 Å². The Kier molecular flexibility index (Phi) is 7.26. The minimum atomic E-state index is -1.59. The molecule has 9 heteroatoms. The molecule has 2 amide bonds. The average molecular weight is 477 g/mol. The Labute approximate surface area is 203 Å². The molecule has 182 valence electrons. The highest BCUT2D eigenvalue weighted by Gasteiger charge is 2.50. The van der Waals surface area contributed by atoms with Crippen LogP contribution in [0.15, 0.2) is 66.7 Å². The number of aromatic nitrogens is 2. The molecule has 2 aromatic carbocycles. The standard InChI is InChI=1S/C26H28N4O5/c1-18-17-19(2)28-24(27-18)35-22(23(31)32)26(20-9-5-3-6-10-20,21-11-7-4-8-12-21)29-25(33)30-13-15-34-16-14-30/h3-12,17,22H,13-16H2,1-2H3,(H,29,33)(H,31,32). The lowest BCUT2D eigenvalue weighted by atomic mass is 9.78. The molecule has 0 saturated carbocycles. The first-order chi connectivity index (χ1) is 16.9. The van der Waals surface area contributed by atoms with Crippen molar-refractivity contribution in [1.29, 1.82) is 0 Å². The smallest absolute Gasteiger partial charge is 0.348 e. The van der Waals surface area contributed by atoms with Crippen LogP contribution in [0.4, 0.5) is 4.79 Å². The molecule has 1 aliphatic rings. The molecule has 1 unspecified atom stereocenters. The Morgan fingerprint density at radius 3 is 1.97 bits per heavy atom. The molecule has 3 aromatic rings. The summed E-state index contributed by atoms with van der Waals surface area (Å²) in [5.74, 6) is -1.28. The first kappa shape index (κ1) is 24.2. The minimum Gasteiger partial charge on any atom is -0.478 e. The number of nitrogens with one attached hydrogen (secondary N) is 1. The van der Waals surface area contributed by atoms with Gasteiger partial charge in [-0.15, -0.1) is 0 Å². The Bertz CT molecular complexity index is 1110. The summed E-state index contributed by atoms with van der Waals surface area (Å²) in [6.45, 7) is 5.16. The van der Waals surface area contributed by atoms with E-state index in [4.69, 9.17) is 9.47 Å². The highest BCUT2D eigenvalue weighted by atomic mass is 16.5. The van der Waals surface area contributed by atoms with Crippen molar-refractivity contribution in [2.24, 2.45) is 0 Å². The van der Waals surface area contributed by atoms with Crippen molar-refractivity contribution in [3.8, 4) is 6.01 Å². The minimum absolute atomic E-state index is 0.0771. The average Bonchev–Trinajstić information content (AvgIpc) is 2.87. The van der Waals surface area contributed by atoms with Gasteiger partial charge in [-0.2, -0.15) is 0 Å². The van der Waals surface area contributed by atoms with Gasteiger partial charge in [0.1, 0.15) is 5.54 Å². The summed E-state index contributed by atoms with van der Waals surface area (Å²) in [4.78, 5) is 36.6. The van der Waals surface area contributed by atoms with Crippen LogP contribution < -0.4 is 10.1 Å². The lowest BCUT2D eigenvalue weighted by molar-refractivity contribution is -0.149. The number of urea groups is 1. The van der Waals surface area contributed by atoms with Crippen LogP contribution in [-0.4, -0.2) is 64.4 Å². The second-order valence-electron chi connectivity index (χ2n) is 8.34. The molecule has 9 nitrogen and oxygen atoms in total. The quantitative estimate of drug-likeness (QED) is 0.539. The van der Waals surface area contributed by atoms with Gasteiger partial charge >= 0.3 is 18.0 Å². The van der Waals surface area contributed by atoms with E-state index in [2.05, 4.69) is 15.3 Å². The summed E-state index contributed by atoms with van der Waals surface area (Å²) in [5, 5.41) is 13.5. The third-order valence-corrected chi connectivity index (χ3v) is 5.86. The fourth-order valence-electron chi connectivity index (χ4n) is 4.27. The fraction of sp³-hybridized carbons (Fsp3) is 0.308. The number of amides is 2. The van der Waals surface area contributed by atoms with Crippen molar-refractivity contribution in [1.82, 2.24) is 20.2 Å². The molecule has 1 saturated heterocycles. The Hall–Kier alpha value is -3.98. The summed E-state index contributed by atoms with van der Waals surface area (Å²) in [5.41, 5.74) is 0.775.